The second-order valence-corrected chi connectivity index (χ2v) is 7.16. The first-order chi connectivity index (χ1) is 13.5. The van der Waals surface area contributed by atoms with E-state index in [4.69, 9.17) is 0 Å². The third-order valence-corrected chi connectivity index (χ3v) is 5.21. The van der Waals surface area contributed by atoms with E-state index < -0.39 is 11.1 Å². The minimum absolute atomic E-state index is 0.295. The van der Waals surface area contributed by atoms with Crippen molar-refractivity contribution in [2.45, 2.75) is 12.6 Å². The van der Waals surface area contributed by atoms with Gasteiger partial charge >= 0.3 is 6.18 Å². The summed E-state index contributed by atoms with van der Waals surface area (Å²) >= 11 is 0.621. The smallest absolute Gasteiger partial charge is 0.369 e. The third-order valence-electron chi connectivity index (χ3n) is 4.14. The Labute approximate surface area is 163 Å². The molecule has 142 valence electrons. The van der Waals surface area contributed by atoms with Crippen LogP contribution in [0.4, 0.5) is 19.0 Å². The fraction of sp³-hybridized carbons (Fsp3) is 0.150. The maximum atomic E-state index is 13.2. The van der Waals surface area contributed by atoms with E-state index in [1.54, 1.807) is 24.5 Å². The highest BCUT2D eigenvalue weighted by Gasteiger charge is 2.33. The average molecular weight is 400 g/mol. The lowest BCUT2D eigenvalue weighted by Gasteiger charge is -2.09. The molecule has 0 unspecified atom stereocenters. The molecule has 4 aromatic rings. The molecule has 0 aliphatic carbocycles. The lowest BCUT2D eigenvalue weighted by atomic mass is 10.1. The Morgan fingerprint density at radius 2 is 1.82 bits per heavy atom. The number of nitrogens with one attached hydrogen (secondary N) is 1. The summed E-state index contributed by atoms with van der Waals surface area (Å²) in [6.45, 7) is 0.541. The highest BCUT2D eigenvalue weighted by atomic mass is 32.1. The highest BCUT2D eigenvalue weighted by molar-refractivity contribution is 7.18. The fourth-order valence-electron chi connectivity index (χ4n) is 2.79. The molecule has 28 heavy (non-hydrogen) atoms. The molecule has 0 saturated heterocycles. The van der Waals surface area contributed by atoms with Gasteiger partial charge in [0.1, 0.15) is 15.5 Å². The predicted molar refractivity (Wildman–Crippen MR) is 104 cm³/mol. The predicted octanol–water partition coefficient (Wildman–Crippen LogP) is 5.43. The maximum absolute atomic E-state index is 13.2. The fourth-order valence-corrected chi connectivity index (χ4v) is 3.69. The number of hydrogen-bond donors (Lipinski definition) is 1. The molecule has 0 aliphatic heterocycles. The van der Waals surface area contributed by atoms with Gasteiger partial charge in [0.05, 0.1) is 5.39 Å². The summed E-state index contributed by atoms with van der Waals surface area (Å²) in [5.74, 6) is 0.741. The zero-order valence-corrected chi connectivity index (χ0v) is 15.4. The van der Waals surface area contributed by atoms with E-state index in [1.165, 1.54) is 0 Å². The standard InChI is InChI=1S/C20H15F3N4S/c21-20(22,23)16-11-15-18(25-10-8-13-5-2-1-3-6-13)26-17(27-19(15)28-16)14-7-4-9-24-12-14/h1-7,9,11-12H,8,10H2,(H,25,26,27). The number of benzene rings is 1. The number of halogens is 3. The van der Waals surface area contributed by atoms with Gasteiger partial charge in [-0.1, -0.05) is 30.3 Å². The van der Waals surface area contributed by atoms with Crippen LogP contribution in [0.3, 0.4) is 0 Å². The second-order valence-electron chi connectivity index (χ2n) is 6.13. The molecule has 0 atom stereocenters. The van der Waals surface area contributed by atoms with Gasteiger partial charge in [0, 0.05) is 24.5 Å². The van der Waals surface area contributed by atoms with Crippen LogP contribution in [-0.2, 0) is 12.6 Å². The molecule has 0 bridgehead atoms. The lowest BCUT2D eigenvalue weighted by Crippen LogP contribution is -2.07. The number of fused-ring (bicyclic) bond motifs is 1. The molecule has 0 fully saturated rings. The van der Waals surface area contributed by atoms with E-state index in [0.717, 1.165) is 18.1 Å². The molecule has 8 heteroatoms. The summed E-state index contributed by atoms with van der Waals surface area (Å²) in [7, 11) is 0. The molecule has 0 amide bonds. The van der Waals surface area contributed by atoms with Crippen LogP contribution in [0.15, 0.2) is 60.9 Å². The van der Waals surface area contributed by atoms with Gasteiger partial charge in [0.25, 0.3) is 0 Å². The number of alkyl halides is 3. The van der Waals surface area contributed by atoms with Crippen molar-refractivity contribution in [2.75, 3.05) is 11.9 Å². The van der Waals surface area contributed by atoms with Crippen LogP contribution in [0, 0.1) is 0 Å². The van der Waals surface area contributed by atoms with Gasteiger partial charge < -0.3 is 5.32 Å². The molecule has 0 aliphatic rings. The van der Waals surface area contributed by atoms with Gasteiger partial charge in [-0.3, -0.25) is 4.98 Å². The van der Waals surface area contributed by atoms with Crippen LogP contribution in [0.1, 0.15) is 10.4 Å². The normalized spacial score (nSPS) is 11.7. The van der Waals surface area contributed by atoms with Crippen molar-refractivity contribution in [2.24, 2.45) is 0 Å². The number of anilines is 1. The van der Waals surface area contributed by atoms with Crippen molar-refractivity contribution in [3.63, 3.8) is 0 Å². The number of rotatable bonds is 5. The van der Waals surface area contributed by atoms with Crippen molar-refractivity contribution >= 4 is 27.4 Å². The van der Waals surface area contributed by atoms with Gasteiger partial charge in [0.2, 0.25) is 0 Å². The Hall–Kier alpha value is -3.00. The van der Waals surface area contributed by atoms with Crippen molar-refractivity contribution in [1.29, 1.82) is 0 Å². The largest absolute Gasteiger partial charge is 0.425 e. The van der Waals surface area contributed by atoms with Crippen LogP contribution in [-0.4, -0.2) is 21.5 Å². The average Bonchev–Trinajstić information content (AvgIpc) is 3.14. The topological polar surface area (TPSA) is 50.7 Å². The van der Waals surface area contributed by atoms with Crippen LogP contribution in [0.25, 0.3) is 21.6 Å². The molecule has 1 aromatic carbocycles. The lowest BCUT2D eigenvalue weighted by molar-refractivity contribution is -0.134. The van der Waals surface area contributed by atoms with Gasteiger partial charge in [-0.25, -0.2) is 9.97 Å². The SMILES string of the molecule is FC(F)(F)c1cc2c(NCCc3ccccc3)nc(-c3cccnc3)nc2s1. The Morgan fingerprint density at radius 3 is 2.54 bits per heavy atom. The minimum Gasteiger partial charge on any atom is -0.369 e. The first-order valence-corrected chi connectivity index (χ1v) is 9.39. The Morgan fingerprint density at radius 1 is 1.00 bits per heavy atom. The quantitative estimate of drug-likeness (QED) is 0.486. The molecule has 4 rings (SSSR count). The van der Waals surface area contributed by atoms with Crippen LogP contribution in [0.2, 0.25) is 0 Å². The second kappa shape index (κ2) is 7.55. The van der Waals surface area contributed by atoms with Gasteiger partial charge in [-0.05, 0) is 30.2 Å². The van der Waals surface area contributed by atoms with Gasteiger partial charge in [-0.15, -0.1) is 11.3 Å². The Kier molecular flexibility index (Phi) is 4.95. The van der Waals surface area contributed by atoms with Crippen molar-refractivity contribution in [1.82, 2.24) is 15.0 Å². The monoisotopic (exact) mass is 400 g/mol. The Bertz CT molecular complexity index is 1080. The molecule has 0 radical (unpaired) electrons. The highest BCUT2D eigenvalue weighted by Crippen LogP contribution is 2.39. The van der Waals surface area contributed by atoms with E-state index >= 15 is 0 Å². The molecule has 1 N–H and O–H groups in total. The van der Waals surface area contributed by atoms with E-state index in [9.17, 15) is 13.2 Å². The molecule has 3 aromatic heterocycles. The number of aromatic nitrogens is 3. The van der Waals surface area contributed by atoms with Gasteiger partial charge in [0.15, 0.2) is 5.82 Å². The van der Waals surface area contributed by atoms with Crippen molar-refractivity contribution in [3.05, 3.63) is 71.4 Å². The van der Waals surface area contributed by atoms with E-state index in [0.29, 0.717) is 45.3 Å². The summed E-state index contributed by atoms with van der Waals surface area (Å²) in [5, 5.41) is 3.55. The van der Waals surface area contributed by atoms with Crippen LogP contribution >= 0.6 is 11.3 Å². The molecule has 0 saturated carbocycles. The molecular formula is C20H15F3N4S. The number of hydrogen-bond acceptors (Lipinski definition) is 5. The van der Waals surface area contributed by atoms with E-state index in [1.807, 2.05) is 30.3 Å². The summed E-state index contributed by atoms with van der Waals surface area (Å²) < 4.78 is 39.6. The zero-order chi connectivity index (χ0) is 19.6. The van der Waals surface area contributed by atoms with Crippen LogP contribution in [0.5, 0.6) is 0 Å². The summed E-state index contributed by atoms with van der Waals surface area (Å²) in [4.78, 5) is 12.5. The summed E-state index contributed by atoms with van der Waals surface area (Å²) in [6, 6.07) is 14.5. The number of pyridine rings is 1. The first kappa shape index (κ1) is 18.4. The van der Waals surface area contributed by atoms with E-state index in [2.05, 4.69) is 20.3 Å². The minimum atomic E-state index is -4.42. The van der Waals surface area contributed by atoms with Crippen molar-refractivity contribution < 1.29 is 13.2 Å². The molecule has 3 heterocycles. The molecule has 0 spiro atoms. The molecule has 4 nitrogen and oxygen atoms in total. The van der Waals surface area contributed by atoms with Crippen molar-refractivity contribution in [3.8, 4) is 11.4 Å². The third kappa shape index (κ3) is 3.96. The molecular weight excluding hydrogens is 385 g/mol. The number of nitrogens with zero attached hydrogens (tertiary/aromatic N) is 3. The summed E-state index contributed by atoms with van der Waals surface area (Å²) in [5.41, 5.74) is 1.78. The first-order valence-electron chi connectivity index (χ1n) is 8.58. The zero-order valence-electron chi connectivity index (χ0n) is 14.6. The van der Waals surface area contributed by atoms with Gasteiger partial charge in [-0.2, -0.15) is 13.2 Å². The maximum Gasteiger partial charge on any atom is 0.425 e. The van der Waals surface area contributed by atoms with E-state index in [-0.39, 0.29) is 0 Å². The number of thiophene rings is 1. The summed E-state index contributed by atoms with van der Waals surface area (Å²) in [6.07, 6.45) is -0.479. The Balaban J connectivity index is 1.70. The van der Waals surface area contributed by atoms with Crippen LogP contribution < -0.4 is 5.32 Å².